The zero-order valence-corrected chi connectivity index (χ0v) is 9.66. The molecule has 0 bridgehead atoms. The Labute approximate surface area is 92.3 Å². The fourth-order valence-corrected chi connectivity index (χ4v) is 1.59. The highest BCUT2D eigenvalue weighted by Gasteiger charge is 2.02. The fraction of sp³-hybridized carbons (Fsp3) is 0.538. The lowest BCUT2D eigenvalue weighted by molar-refractivity contribution is 0.276. The normalized spacial score (nSPS) is 12.7. The van der Waals surface area contributed by atoms with Crippen molar-refractivity contribution in [2.24, 2.45) is 0 Å². The van der Waals surface area contributed by atoms with Crippen molar-refractivity contribution in [2.45, 2.75) is 39.3 Å². The third kappa shape index (κ3) is 4.45. The molecule has 1 aromatic rings. The standard InChI is InChI=1S/C13H21NO/c1-11-6-3-4-8-13(11)10-14-12(2)7-5-9-15/h3-4,6,8,12,14-15H,5,7,9-10H2,1-2H3/t12-/m0/s1. The Balaban J connectivity index is 2.33. The molecule has 0 saturated carbocycles. The number of aliphatic hydroxyl groups excluding tert-OH is 1. The van der Waals surface area contributed by atoms with Crippen LogP contribution in [0.25, 0.3) is 0 Å². The molecular weight excluding hydrogens is 186 g/mol. The molecule has 2 nitrogen and oxygen atoms in total. The molecule has 84 valence electrons. The average Bonchev–Trinajstić information content (AvgIpc) is 2.25. The van der Waals surface area contributed by atoms with Crippen LogP contribution in [0.2, 0.25) is 0 Å². The van der Waals surface area contributed by atoms with Gasteiger partial charge in [-0.05, 0) is 37.8 Å². The Kier molecular flexibility index (Phi) is 5.37. The number of hydrogen-bond donors (Lipinski definition) is 2. The predicted octanol–water partition coefficient (Wildman–Crippen LogP) is 2.25. The Bertz CT molecular complexity index is 286. The van der Waals surface area contributed by atoms with Crippen LogP contribution in [0, 0.1) is 6.92 Å². The predicted molar refractivity (Wildman–Crippen MR) is 63.8 cm³/mol. The van der Waals surface area contributed by atoms with Crippen LogP contribution in [0.15, 0.2) is 24.3 Å². The summed E-state index contributed by atoms with van der Waals surface area (Å²) in [7, 11) is 0. The maximum Gasteiger partial charge on any atom is 0.0431 e. The van der Waals surface area contributed by atoms with Gasteiger partial charge < -0.3 is 10.4 Å². The minimum absolute atomic E-state index is 0.288. The summed E-state index contributed by atoms with van der Waals surface area (Å²) in [6, 6.07) is 8.89. The molecule has 0 unspecified atom stereocenters. The monoisotopic (exact) mass is 207 g/mol. The SMILES string of the molecule is Cc1ccccc1CN[C@@H](C)CCCO. The van der Waals surface area contributed by atoms with Crippen LogP contribution in [-0.4, -0.2) is 17.8 Å². The maximum atomic E-state index is 8.72. The van der Waals surface area contributed by atoms with Gasteiger partial charge in [-0.3, -0.25) is 0 Å². The van der Waals surface area contributed by atoms with E-state index >= 15 is 0 Å². The molecule has 2 heteroatoms. The van der Waals surface area contributed by atoms with E-state index in [4.69, 9.17) is 5.11 Å². The molecular formula is C13H21NO. The van der Waals surface area contributed by atoms with Gasteiger partial charge in [0, 0.05) is 19.2 Å². The molecule has 0 saturated heterocycles. The number of hydrogen-bond acceptors (Lipinski definition) is 2. The molecule has 1 aromatic carbocycles. The van der Waals surface area contributed by atoms with E-state index in [1.54, 1.807) is 0 Å². The maximum absolute atomic E-state index is 8.72. The van der Waals surface area contributed by atoms with E-state index in [9.17, 15) is 0 Å². The molecule has 0 heterocycles. The van der Waals surface area contributed by atoms with Crippen LogP contribution in [0.3, 0.4) is 0 Å². The molecule has 0 aliphatic carbocycles. The molecule has 1 atom stereocenters. The molecule has 0 spiro atoms. The van der Waals surface area contributed by atoms with Crippen LogP contribution < -0.4 is 5.32 Å². The van der Waals surface area contributed by atoms with Gasteiger partial charge in [-0.25, -0.2) is 0 Å². The summed E-state index contributed by atoms with van der Waals surface area (Å²) in [6.45, 7) is 5.50. The van der Waals surface area contributed by atoms with Crippen molar-refractivity contribution < 1.29 is 5.11 Å². The van der Waals surface area contributed by atoms with Crippen molar-refractivity contribution in [1.82, 2.24) is 5.32 Å². The van der Waals surface area contributed by atoms with E-state index < -0.39 is 0 Å². The van der Waals surface area contributed by atoms with Crippen LogP contribution in [0.5, 0.6) is 0 Å². The first-order valence-corrected chi connectivity index (χ1v) is 5.62. The van der Waals surface area contributed by atoms with Crippen molar-refractivity contribution in [3.63, 3.8) is 0 Å². The van der Waals surface area contributed by atoms with Gasteiger partial charge in [0.25, 0.3) is 0 Å². The Morgan fingerprint density at radius 2 is 2.07 bits per heavy atom. The molecule has 0 radical (unpaired) electrons. The van der Waals surface area contributed by atoms with Gasteiger partial charge in [-0.1, -0.05) is 24.3 Å². The van der Waals surface area contributed by atoms with Gasteiger partial charge in [-0.2, -0.15) is 0 Å². The third-order valence-corrected chi connectivity index (χ3v) is 2.70. The molecule has 0 fully saturated rings. The van der Waals surface area contributed by atoms with E-state index in [0.717, 1.165) is 19.4 Å². The van der Waals surface area contributed by atoms with Gasteiger partial charge in [0.1, 0.15) is 0 Å². The highest BCUT2D eigenvalue weighted by atomic mass is 16.2. The molecule has 2 N–H and O–H groups in total. The molecule has 15 heavy (non-hydrogen) atoms. The minimum atomic E-state index is 0.288. The van der Waals surface area contributed by atoms with Crippen molar-refractivity contribution in [3.05, 3.63) is 35.4 Å². The van der Waals surface area contributed by atoms with Gasteiger partial charge in [0.2, 0.25) is 0 Å². The van der Waals surface area contributed by atoms with Gasteiger partial charge in [0.15, 0.2) is 0 Å². The summed E-state index contributed by atoms with van der Waals surface area (Å²) in [5, 5.41) is 12.2. The first-order chi connectivity index (χ1) is 7.24. The third-order valence-electron chi connectivity index (χ3n) is 2.70. The van der Waals surface area contributed by atoms with Gasteiger partial charge in [0.05, 0.1) is 0 Å². The van der Waals surface area contributed by atoms with Crippen LogP contribution in [-0.2, 0) is 6.54 Å². The number of nitrogens with one attached hydrogen (secondary N) is 1. The van der Waals surface area contributed by atoms with E-state index in [-0.39, 0.29) is 6.61 Å². The summed E-state index contributed by atoms with van der Waals surface area (Å²) in [5.74, 6) is 0. The number of benzene rings is 1. The van der Waals surface area contributed by atoms with Crippen molar-refractivity contribution in [2.75, 3.05) is 6.61 Å². The largest absolute Gasteiger partial charge is 0.396 e. The number of aryl methyl sites for hydroxylation is 1. The molecule has 0 aliphatic heterocycles. The van der Waals surface area contributed by atoms with Gasteiger partial charge >= 0.3 is 0 Å². The zero-order chi connectivity index (χ0) is 11.1. The van der Waals surface area contributed by atoms with Crippen LogP contribution >= 0.6 is 0 Å². The molecule has 0 aromatic heterocycles. The lowest BCUT2D eigenvalue weighted by atomic mass is 10.1. The van der Waals surface area contributed by atoms with E-state index in [1.165, 1.54) is 11.1 Å². The summed E-state index contributed by atoms with van der Waals surface area (Å²) < 4.78 is 0. The summed E-state index contributed by atoms with van der Waals surface area (Å²) >= 11 is 0. The molecule has 0 amide bonds. The number of rotatable bonds is 6. The average molecular weight is 207 g/mol. The summed E-state index contributed by atoms with van der Waals surface area (Å²) in [6.07, 6.45) is 1.91. The molecule has 0 aliphatic rings. The Morgan fingerprint density at radius 1 is 1.33 bits per heavy atom. The first kappa shape index (κ1) is 12.2. The second kappa shape index (κ2) is 6.59. The number of aliphatic hydroxyl groups is 1. The minimum Gasteiger partial charge on any atom is -0.396 e. The van der Waals surface area contributed by atoms with Crippen molar-refractivity contribution in [3.8, 4) is 0 Å². The van der Waals surface area contributed by atoms with Gasteiger partial charge in [-0.15, -0.1) is 0 Å². The summed E-state index contributed by atoms with van der Waals surface area (Å²) in [5.41, 5.74) is 2.69. The van der Waals surface area contributed by atoms with E-state index in [1.807, 2.05) is 0 Å². The van der Waals surface area contributed by atoms with Crippen molar-refractivity contribution in [1.29, 1.82) is 0 Å². The van der Waals surface area contributed by atoms with Crippen LogP contribution in [0.4, 0.5) is 0 Å². The Morgan fingerprint density at radius 3 is 2.73 bits per heavy atom. The topological polar surface area (TPSA) is 32.3 Å². The zero-order valence-electron chi connectivity index (χ0n) is 9.66. The fourth-order valence-electron chi connectivity index (χ4n) is 1.59. The first-order valence-electron chi connectivity index (χ1n) is 5.62. The lowest BCUT2D eigenvalue weighted by Crippen LogP contribution is -2.25. The molecule has 1 rings (SSSR count). The quantitative estimate of drug-likeness (QED) is 0.750. The highest BCUT2D eigenvalue weighted by molar-refractivity contribution is 5.25. The Hall–Kier alpha value is -0.860. The highest BCUT2D eigenvalue weighted by Crippen LogP contribution is 2.07. The van der Waals surface area contributed by atoms with E-state index in [2.05, 4.69) is 43.4 Å². The summed E-state index contributed by atoms with van der Waals surface area (Å²) in [4.78, 5) is 0. The van der Waals surface area contributed by atoms with Crippen molar-refractivity contribution >= 4 is 0 Å². The second-order valence-electron chi connectivity index (χ2n) is 4.07. The van der Waals surface area contributed by atoms with E-state index in [0.29, 0.717) is 6.04 Å². The smallest absolute Gasteiger partial charge is 0.0431 e. The van der Waals surface area contributed by atoms with Crippen LogP contribution in [0.1, 0.15) is 30.9 Å². The lowest BCUT2D eigenvalue weighted by Gasteiger charge is -2.14. The second-order valence-corrected chi connectivity index (χ2v) is 4.07.